The van der Waals surface area contributed by atoms with Crippen LogP contribution < -0.4 is 0 Å². The molecule has 0 N–H and O–H groups in total. The normalized spacial score (nSPS) is 10.0. The molecule has 1 aromatic heterocycles. The summed E-state index contributed by atoms with van der Waals surface area (Å²) in [6, 6.07) is 0. The van der Waals surface area contributed by atoms with Crippen LogP contribution in [-0.4, -0.2) is 17.6 Å². The maximum Gasteiger partial charge on any atom is 0.312 e. The van der Waals surface area contributed by atoms with E-state index in [1.807, 2.05) is 6.20 Å². The first-order valence-corrected chi connectivity index (χ1v) is 5.17. The van der Waals surface area contributed by atoms with Crippen molar-refractivity contribution >= 4 is 17.3 Å². The fraction of sp³-hybridized carbons (Fsp3) is 0.556. The Balaban J connectivity index is 2.49. The van der Waals surface area contributed by atoms with Crippen molar-refractivity contribution < 1.29 is 9.53 Å². The van der Waals surface area contributed by atoms with E-state index in [1.165, 1.54) is 4.88 Å². The molecule has 13 heavy (non-hydrogen) atoms. The van der Waals surface area contributed by atoms with E-state index < -0.39 is 0 Å². The zero-order valence-electron chi connectivity index (χ0n) is 7.87. The molecule has 72 valence electrons. The quantitative estimate of drug-likeness (QED) is 0.694. The number of hydrogen-bond donors (Lipinski definition) is 0. The lowest BCUT2D eigenvalue weighted by atomic mass is 10.4. The molecule has 0 atom stereocenters. The average molecular weight is 199 g/mol. The number of aryl methyl sites for hydroxylation is 1. The van der Waals surface area contributed by atoms with Crippen molar-refractivity contribution in [2.24, 2.45) is 0 Å². The third-order valence-electron chi connectivity index (χ3n) is 1.55. The summed E-state index contributed by atoms with van der Waals surface area (Å²) in [7, 11) is 0. The van der Waals surface area contributed by atoms with Gasteiger partial charge in [-0.2, -0.15) is 0 Å². The zero-order valence-corrected chi connectivity index (χ0v) is 8.69. The lowest BCUT2D eigenvalue weighted by molar-refractivity contribution is -0.142. The van der Waals surface area contributed by atoms with Crippen molar-refractivity contribution in [3.63, 3.8) is 0 Å². The molecule has 0 aliphatic carbocycles. The first-order valence-electron chi connectivity index (χ1n) is 4.35. The van der Waals surface area contributed by atoms with E-state index in [0.717, 1.165) is 11.4 Å². The molecule has 0 spiro atoms. The summed E-state index contributed by atoms with van der Waals surface area (Å²) >= 11 is 1.58. The Hall–Kier alpha value is -0.900. The van der Waals surface area contributed by atoms with E-state index in [2.05, 4.69) is 11.9 Å². The summed E-state index contributed by atoms with van der Waals surface area (Å²) in [6.45, 7) is 4.31. The Labute approximate surface area is 81.8 Å². The minimum atomic E-state index is -0.195. The summed E-state index contributed by atoms with van der Waals surface area (Å²) in [5, 5.41) is 0.843. The van der Waals surface area contributed by atoms with Gasteiger partial charge in [0.1, 0.15) is 5.01 Å². The monoisotopic (exact) mass is 199 g/mol. The molecular formula is C9H13NO2S. The Morgan fingerprint density at radius 1 is 1.62 bits per heavy atom. The summed E-state index contributed by atoms with van der Waals surface area (Å²) in [5.41, 5.74) is 0. The van der Waals surface area contributed by atoms with Gasteiger partial charge in [-0.3, -0.25) is 4.79 Å². The molecule has 0 aromatic carbocycles. The minimum Gasteiger partial charge on any atom is -0.466 e. The van der Waals surface area contributed by atoms with E-state index in [0.29, 0.717) is 13.0 Å². The highest BCUT2D eigenvalue weighted by Gasteiger charge is 2.07. The molecular weight excluding hydrogens is 186 g/mol. The van der Waals surface area contributed by atoms with Crippen LogP contribution in [0, 0.1) is 0 Å². The third-order valence-corrected chi connectivity index (χ3v) is 2.69. The Bertz CT molecular complexity index is 283. The van der Waals surface area contributed by atoms with Crippen molar-refractivity contribution in [3.8, 4) is 0 Å². The Kier molecular flexibility index (Phi) is 3.89. The van der Waals surface area contributed by atoms with E-state index in [1.54, 1.807) is 18.3 Å². The molecule has 0 aliphatic rings. The van der Waals surface area contributed by atoms with E-state index in [9.17, 15) is 4.79 Å². The van der Waals surface area contributed by atoms with Crippen molar-refractivity contribution in [2.75, 3.05) is 6.61 Å². The van der Waals surface area contributed by atoms with Crippen LogP contribution >= 0.6 is 11.3 Å². The van der Waals surface area contributed by atoms with Crippen LogP contribution in [0.4, 0.5) is 0 Å². The van der Waals surface area contributed by atoms with E-state index in [-0.39, 0.29) is 5.97 Å². The van der Waals surface area contributed by atoms with Gasteiger partial charge in [0, 0.05) is 11.1 Å². The largest absolute Gasteiger partial charge is 0.466 e. The lowest BCUT2D eigenvalue weighted by Gasteiger charge is -1.97. The van der Waals surface area contributed by atoms with Crippen molar-refractivity contribution in [2.45, 2.75) is 26.7 Å². The predicted octanol–water partition coefficient (Wildman–Crippen LogP) is 1.81. The summed E-state index contributed by atoms with van der Waals surface area (Å²) in [5.74, 6) is -0.195. The van der Waals surface area contributed by atoms with Crippen LogP contribution in [0.5, 0.6) is 0 Å². The molecule has 4 heteroatoms. The summed E-state index contributed by atoms with van der Waals surface area (Å²) in [4.78, 5) is 16.4. The SMILES string of the molecule is CCOC(=O)Cc1ncc(CC)s1. The van der Waals surface area contributed by atoms with Crippen molar-refractivity contribution in [3.05, 3.63) is 16.1 Å². The molecule has 1 heterocycles. The van der Waals surface area contributed by atoms with Crippen LogP contribution in [0.25, 0.3) is 0 Å². The maximum absolute atomic E-state index is 11.1. The van der Waals surface area contributed by atoms with E-state index >= 15 is 0 Å². The number of hydrogen-bond acceptors (Lipinski definition) is 4. The molecule has 0 bridgehead atoms. The number of aromatic nitrogens is 1. The van der Waals surface area contributed by atoms with Crippen molar-refractivity contribution in [1.29, 1.82) is 0 Å². The molecule has 0 radical (unpaired) electrons. The Morgan fingerprint density at radius 2 is 2.38 bits per heavy atom. The van der Waals surface area contributed by atoms with Gasteiger partial charge in [-0.25, -0.2) is 4.98 Å². The molecule has 1 rings (SSSR count). The predicted molar refractivity (Wildman–Crippen MR) is 51.8 cm³/mol. The number of rotatable bonds is 4. The molecule has 0 aliphatic heterocycles. The Morgan fingerprint density at radius 3 is 2.92 bits per heavy atom. The number of carbonyl (C=O) groups excluding carboxylic acids is 1. The van der Waals surface area contributed by atoms with Gasteiger partial charge in [-0.05, 0) is 13.3 Å². The molecule has 3 nitrogen and oxygen atoms in total. The third kappa shape index (κ3) is 3.14. The van der Waals surface area contributed by atoms with Gasteiger partial charge < -0.3 is 4.74 Å². The van der Waals surface area contributed by atoms with E-state index in [4.69, 9.17) is 4.74 Å². The fourth-order valence-corrected chi connectivity index (χ4v) is 1.78. The topological polar surface area (TPSA) is 39.2 Å². The van der Waals surface area contributed by atoms with Crippen molar-refractivity contribution in [1.82, 2.24) is 4.98 Å². The summed E-state index contributed by atoms with van der Waals surface area (Å²) < 4.78 is 4.82. The highest BCUT2D eigenvalue weighted by molar-refractivity contribution is 7.11. The van der Waals surface area contributed by atoms with Gasteiger partial charge in [0.05, 0.1) is 13.0 Å². The molecule has 0 amide bonds. The zero-order chi connectivity index (χ0) is 9.68. The number of nitrogens with zero attached hydrogens (tertiary/aromatic N) is 1. The lowest BCUT2D eigenvalue weighted by Crippen LogP contribution is -2.06. The first kappa shape index (κ1) is 10.2. The van der Waals surface area contributed by atoms with Crippen LogP contribution in [0.1, 0.15) is 23.7 Å². The molecule has 0 saturated heterocycles. The standard InChI is InChI=1S/C9H13NO2S/c1-3-7-6-10-8(13-7)5-9(11)12-4-2/h6H,3-5H2,1-2H3. The smallest absolute Gasteiger partial charge is 0.312 e. The second-order valence-electron chi connectivity index (χ2n) is 2.56. The fourth-order valence-electron chi connectivity index (χ4n) is 0.929. The average Bonchev–Trinajstić information content (AvgIpc) is 2.52. The number of esters is 1. The van der Waals surface area contributed by atoms with Gasteiger partial charge in [-0.1, -0.05) is 6.92 Å². The second-order valence-corrected chi connectivity index (χ2v) is 3.76. The number of carbonyl (C=O) groups is 1. The van der Waals surface area contributed by atoms with Gasteiger partial charge in [-0.15, -0.1) is 11.3 Å². The molecule has 0 fully saturated rings. The van der Waals surface area contributed by atoms with Crippen LogP contribution in [0.2, 0.25) is 0 Å². The van der Waals surface area contributed by atoms with Crippen LogP contribution in [0.15, 0.2) is 6.20 Å². The number of thiazole rings is 1. The second kappa shape index (κ2) is 4.97. The van der Waals surface area contributed by atoms with Gasteiger partial charge >= 0.3 is 5.97 Å². The first-order chi connectivity index (χ1) is 6.26. The molecule has 1 aromatic rings. The van der Waals surface area contributed by atoms with Gasteiger partial charge in [0.15, 0.2) is 0 Å². The van der Waals surface area contributed by atoms with Gasteiger partial charge in [0.2, 0.25) is 0 Å². The minimum absolute atomic E-state index is 0.195. The van der Waals surface area contributed by atoms with Gasteiger partial charge in [0.25, 0.3) is 0 Å². The summed E-state index contributed by atoms with van der Waals surface area (Å²) in [6.07, 6.45) is 3.10. The van der Waals surface area contributed by atoms with Crippen LogP contribution in [0.3, 0.4) is 0 Å². The van der Waals surface area contributed by atoms with Crippen LogP contribution in [-0.2, 0) is 22.4 Å². The highest BCUT2D eigenvalue weighted by atomic mass is 32.1. The number of ether oxygens (including phenoxy) is 1. The molecule has 0 unspecified atom stereocenters. The maximum atomic E-state index is 11.1. The highest BCUT2D eigenvalue weighted by Crippen LogP contribution is 2.13. The molecule has 0 saturated carbocycles.